The van der Waals surface area contributed by atoms with Gasteiger partial charge in [0.15, 0.2) is 0 Å². The molecule has 5 heteroatoms. The van der Waals surface area contributed by atoms with E-state index in [4.69, 9.17) is 10.5 Å². The summed E-state index contributed by atoms with van der Waals surface area (Å²) >= 11 is 0. The van der Waals surface area contributed by atoms with Crippen LogP contribution in [0.3, 0.4) is 0 Å². The van der Waals surface area contributed by atoms with Crippen molar-refractivity contribution in [2.45, 2.75) is 26.7 Å². The van der Waals surface area contributed by atoms with Gasteiger partial charge in [0.05, 0.1) is 18.5 Å². The van der Waals surface area contributed by atoms with Crippen LogP contribution in [-0.2, 0) is 9.59 Å². The molecular formula is C14H18N2O3. The number of methoxy groups -OCH3 is 1. The highest BCUT2D eigenvalue weighted by atomic mass is 16.5. The molecule has 2 amide bonds. The number of hydrogen-bond donors (Lipinski definition) is 1. The summed E-state index contributed by atoms with van der Waals surface area (Å²) in [7, 11) is 1.54. The minimum atomic E-state index is -0.286. The van der Waals surface area contributed by atoms with Gasteiger partial charge in [-0.1, -0.05) is 13.8 Å². The lowest BCUT2D eigenvalue weighted by molar-refractivity contribution is -0.132. The number of anilines is 2. The SMILES string of the molecule is COc1ccc(N2C(=O)CC(C)(C)CC2=O)c(N)c1. The van der Waals surface area contributed by atoms with Crippen LogP contribution in [-0.4, -0.2) is 18.9 Å². The third kappa shape index (κ3) is 2.54. The molecule has 0 unspecified atom stereocenters. The second-order valence-corrected chi connectivity index (χ2v) is 5.57. The normalized spacial score (nSPS) is 18.6. The van der Waals surface area contributed by atoms with Gasteiger partial charge in [-0.3, -0.25) is 9.59 Å². The molecule has 19 heavy (non-hydrogen) atoms. The number of nitrogens with zero attached hydrogens (tertiary/aromatic N) is 1. The van der Waals surface area contributed by atoms with Crippen molar-refractivity contribution in [1.29, 1.82) is 0 Å². The van der Waals surface area contributed by atoms with E-state index in [1.165, 1.54) is 12.0 Å². The predicted octanol–water partition coefficient (Wildman–Crippen LogP) is 1.96. The van der Waals surface area contributed by atoms with Gasteiger partial charge in [0.1, 0.15) is 5.75 Å². The van der Waals surface area contributed by atoms with Crippen molar-refractivity contribution in [2.75, 3.05) is 17.7 Å². The molecule has 102 valence electrons. The van der Waals surface area contributed by atoms with E-state index < -0.39 is 0 Å². The summed E-state index contributed by atoms with van der Waals surface area (Å²) in [6.07, 6.45) is 0.675. The molecular weight excluding hydrogens is 244 g/mol. The Labute approximate surface area is 112 Å². The lowest BCUT2D eigenvalue weighted by atomic mass is 9.81. The molecule has 0 aliphatic carbocycles. The van der Waals surface area contributed by atoms with Gasteiger partial charge in [-0.25, -0.2) is 4.90 Å². The maximum absolute atomic E-state index is 12.1. The van der Waals surface area contributed by atoms with E-state index in [1.54, 1.807) is 18.2 Å². The maximum Gasteiger partial charge on any atom is 0.234 e. The van der Waals surface area contributed by atoms with E-state index in [0.717, 1.165) is 0 Å². The first-order chi connectivity index (χ1) is 8.84. The number of rotatable bonds is 2. The molecule has 0 spiro atoms. The second kappa shape index (κ2) is 4.57. The topological polar surface area (TPSA) is 72.6 Å². The molecule has 1 fully saturated rings. The number of carbonyl (C=O) groups excluding carboxylic acids is 2. The molecule has 2 rings (SSSR count). The average Bonchev–Trinajstić information content (AvgIpc) is 2.28. The van der Waals surface area contributed by atoms with E-state index in [0.29, 0.717) is 30.0 Å². The van der Waals surface area contributed by atoms with Gasteiger partial charge in [0, 0.05) is 18.9 Å². The Balaban J connectivity index is 2.37. The average molecular weight is 262 g/mol. The van der Waals surface area contributed by atoms with Gasteiger partial charge < -0.3 is 10.5 Å². The zero-order chi connectivity index (χ0) is 14.2. The highest BCUT2D eigenvalue weighted by Gasteiger charge is 2.38. The number of amides is 2. The van der Waals surface area contributed by atoms with E-state index in [2.05, 4.69) is 0 Å². The molecule has 1 aliphatic rings. The molecule has 5 nitrogen and oxygen atoms in total. The van der Waals surface area contributed by atoms with Crippen molar-refractivity contribution in [3.63, 3.8) is 0 Å². The highest BCUT2D eigenvalue weighted by molar-refractivity contribution is 6.18. The lowest BCUT2D eigenvalue weighted by Gasteiger charge is -2.35. The quantitative estimate of drug-likeness (QED) is 0.653. The van der Waals surface area contributed by atoms with Crippen LogP contribution in [0.4, 0.5) is 11.4 Å². The molecule has 1 aromatic carbocycles. The van der Waals surface area contributed by atoms with Gasteiger partial charge in [-0.2, -0.15) is 0 Å². The summed E-state index contributed by atoms with van der Waals surface area (Å²) in [4.78, 5) is 25.5. The van der Waals surface area contributed by atoms with Crippen molar-refractivity contribution in [3.8, 4) is 5.75 Å². The second-order valence-electron chi connectivity index (χ2n) is 5.57. The minimum Gasteiger partial charge on any atom is -0.497 e. The monoisotopic (exact) mass is 262 g/mol. The van der Waals surface area contributed by atoms with Crippen molar-refractivity contribution in [2.24, 2.45) is 5.41 Å². The summed E-state index contributed by atoms with van der Waals surface area (Å²) in [5.41, 5.74) is 6.41. The predicted molar refractivity (Wildman–Crippen MR) is 72.9 cm³/mol. The number of carbonyl (C=O) groups is 2. The fourth-order valence-electron chi connectivity index (χ4n) is 2.31. The molecule has 1 heterocycles. The standard InChI is InChI=1S/C14H18N2O3/c1-14(2)7-12(17)16(13(18)8-14)11-5-4-9(19-3)6-10(11)15/h4-6H,7-8,15H2,1-3H3. The molecule has 2 N–H and O–H groups in total. The molecule has 1 aliphatic heterocycles. The Morgan fingerprint density at radius 1 is 1.21 bits per heavy atom. The summed E-state index contributed by atoms with van der Waals surface area (Å²) in [5, 5.41) is 0. The fraction of sp³-hybridized carbons (Fsp3) is 0.429. The van der Waals surface area contributed by atoms with Crippen LogP contribution in [0.15, 0.2) is 18.2 Å². The lowest BCUT2D eigenvalue weighted by Crippen LogP contribution is -2.46. The first-order valence-corrected chi connectivity index (χ1v) is 6.13. The third-order valence-corrected chi connectivity index (χ3v) is 3.23. The van der Waals surface area contributed by atoms with Gasteiger partial charge in [-0.15, -0.1) is 0 Å². The number of imide groups is 1. The van der Waals surface area contributed by atoms with Crippen molar-refractivity contribution in [1.82, 2.24) is 0 Å². The molecule has 0 bridgehead atoms. The van der Waals surface area contributed by atoms with Crippen LogP contribution in [0.5, 0.6) is 5.75 Å². The Morgan fingerprint density at radius 3 is 2.26 bits per heavy atom. The Hall–Kier alpha value is -2.04. The summed E-state index contributed by atoms with van der Waals surface area (Å²) in [6, 6.07) is 4.93. The van der Waals surface area contributed by atoms with Crippen LogP contribution < -0.4 is 15.4 Å². The van der Waals surface area contributed by atoms with Crippen molar-refractivity contribution < 1.29 is 14.3 Å². The minimum absolute atomic E-state index is 0.210. The molecule has 0 radical (unpaired) electrons. The first-order valence-electron chi connectivity index (χ1n) is 6.13. The van der Waals surface area contributed by atoms with Crippen LogP contribution in [0.25, 0.3) is 0 Å². The first kappa shape index (κ1) is 13.4. The number of ether oxygens (including phenoxy) is 1. The molecule has 0 atom stereocenters. The summed E-state index contributed by atoms with van der Waals surface area (Å²) in [6.45, 7) is 3.83. The highest BCUT2D eigenvalue weighted by Crippen LogP contribution is 2.36. The van der Waals surface area contributed by atoms with E-state index in [-0.39, 0.29) is 17.2 Å². The van der Waals surface area contributed by atoms with E-state index in [9.17, 15) is 9.59 Å². The van der Waals surface area contributed by atoms with E-state index >= 15 is 0 Å². The number of benzene rings is 1. The van der Waals surface area contributed by atoms with Crippen LogP contribution in [0.2, 0.25) is 0 Å². The zero-order valence-electron chi connectivity index (χ0n) is 11.4. The molecule has 1 aromatic rings. The van der Waals surface area contributed by atoms with Crippen LogP contribution >= 0.6 is 0 Å². The summed E-state index contributed by atoms with van der Waals surface area (Å²) < 4.78 is 5.06. The number of nitrogen functional groups attached to an aromatic ring is 1. The van der Waals surface area contributed by atoms with Crippen molar-refractivity contribution >= 4 is 23.2 Å². The van der Waals surface area contributed by atoms with E-state index in [1.807, 2.05) is 13.8 Å². The number of hydrogen-bond acceptors (Lipinski definition) is 4. The number of nitrogens with two attached hydrogens (primary N) is 1. The van der Waals surface area contributed by atoms with Crippen LogP contribution in [0, 0.1) is 5.41 Å². The number of piperidine rings is 1. The zero-order valence-corrected chi connectivity index (χ0v) is 11.4. The molecule has 0 aromatic heterocycles. The van der Waals surface area contributed by atoms with Crippen LogP contribution in [0.1, 0.15) is 26.7 Å². The molecule has 0 saturated carbocycles. The smallest absolute Gasteiger partial charge is 0.234 e. The fourth-order valence-corrected chi connectivity index (χ4v) is 2.31. The van der Waals surface area contributed by atoms with Gasteiger partial charge in [0.2, 0.25) is 11.8 Å². The largest absolute Gasteiger partial charge is 0.497 e. The Morgan fingerprint density at radius 2 is 1.79 bits per heavy atom. The maximum atomic E-state index is 12.1. The van der Waals surface area contributed by atoms with Crippen molar-refractivity contribution in [3.05, 3.63) is 18.2 Å². The Kier molecular flexibility index (Phi) is 3.22. The molecule has 1 saturated heterocycles. The summed E-state index contributed by atoms with van der Waals surface area (Å²) in [5.74, 6) is 0.176. The van der Waals surface area contributed by atoms with Gasteiger partial charge >= 0.3 is 0 Å². The Bertz CT molecular complexity index is 517. The van der Waals surface area contributed by atoms with Gasteiger partial charge in [-0.05, 0) is 17.5 Å². The third-order valence-electron chi connectivity index (χ3n) is 3.23. The van der Waals surface area contributed by atoms with Gasteiger partial charge in [0.25, 0.3) is 0 Å².